The van der Waals surface area contributed by atoms with Crippen molar-refractivity contribution in [1.29, 1.82) is 0 Å². The number of hydrogen-bond donors (Lipinski definition) is 2. The maximum absolute atomic E-state index is 13.2. The smallest absolute Gasteiger partial charge is 0.252 e. The summed E-state index contributed by atoms with van der Waals surface area (Å²) in [5.41, 5.74) is 2.11. The van der Waals surface area contributed by atoms with Crippen LogP contribution in [0, 0.1) is 0 Å². The Morgan fingerprint density at radius 3 is 2.61 bits per heavy atom. The molecule has 0 saturated carbocycles. The molecule has 0 aliphatic carbocycles. The summed E-state index contributed by atoms with van der Waals surface area (Å²) in [4.78, 5) is 17.8. The summed E-state index contributed by atoms with van der Waals surface area (Å²) in [6.45, 7) is 0.698. The first-order valence-electron chi connectivity index (χ1n) is 10.7. The summed E-state index contributed by atoms with van der Waals surface area (Å²) in [7, 11) is 1.63. The van der Waals surface area contributed by atoms with E-state index in [9.17, 15) is 4.79 Å². The van der Waals surface area contributed by atoms with Crippen molar-refractivity contribution in [2.45, 2.75) is 6.10 Å². The summed E-state index contributed by atoms with van der Waals surface area (Å²) in [5.74, 6) is 2.55. The maximum Gasteiger partial charge on any atom is 0.252 e. The van der Waals surface area contributed by atoms with Crippen molar-refractivity contribution in [2.24, 2.45) is 0 Å². The number of amides is 1. The fourth-order valence-corrected chi connectivity index (χ4v) is 3.71. The highest BCUT2D eigenvalue weighted by atomic mass is 16.6. The molecule has 7 nitrogen and oxygen atoms in total. The Labute approximate surface area is 191 Å². The van der Waals surface area contributed by atoms with E-state index in [0.29, 0.717) is 30.3 Å². The summed E-state index contributed by atoms with van der Waals surface area (Å²) in [6.07, 6.45) is -0.270. The van der Waals surface area contributed by atoms with Gasteiger partial charge in [0.2, 0.25) is 0 Å². The molecule has 166 valence electrons. The zero-order chi connectivity index (χ0) is 22.6. The van der Waals surface area contributed by atoms with Crippen LogP contribution in [0.5, 0.6) is 17.2 Å². The van der Waals surface area contributed by atoms with Gasteiger partial charge in [-0.05, 0) is 48.5 Å². The highest BCUT2D eigenvalue weighted by molar-refractivity contribution is 6.07. The molecule has 1 amide bonds. The number of benzene rings is 3. The van der Waals surface area contributed by atoms with Gasteiger partial charge in [-0.1, -0.05) is 30.3 Å². The first kappa shape index (κ1) is 20.6. The predicted octanol–water partition coefficient (Wildman–Crippen LogP) is 4.56. The fourth-order valence-electron chi connectivity index (χ4n) is 3.71. The number of hydrogen-bond acceptors (Lipinski definition) is 6. The molecule has 3 aromatic carbocycles. The van der Waals surface area contributed by atoms with Crippen LogP contribution in [0.25, 0.3) is 10.9 Å². The van der Waals surface area contributed by atoms with Crippen LogP contribution < -0.4 is 24.8 Å². The van der Waals surface area contributed by atoms with Crippen LogP contribution in [-0.2, 0) is 0 Å². The molecule has 1 aliphatic rings. The number of carbonyl (C=O) groups is 1. The molecule has 0 fully saturated rings. The first-order chi connectivity index (χ1) is 16.2. The standard InChI is InChI=1S/C26H23N3O4/c1-31-18-12-10-17(11-13-18)28-25-14-21(20-6-2-3-7-22(20)29-25)26(30)27-15-19-16-32-23-8-4-5-9-24(23)33-19/h2-14,19H,15-16H2,1H3,(H,27,30)(H,28,29). The minimum Gasteiger partial charge on any atom is -0.497 e. The lowest BCUT2D eigenvalue weighted by molar-refractivity contribution is 0.0790. The number of fused-ring (bicyclic) bond motifs is 2. The molecule has 2 heterocycles. The van der Waals surface area contributed by atoms with E-state index in [1.165, 1.54) is 0 Å². The molecule has 0 saturated heterocycles. The predicted molar refractivity (Wildman–Crippen MR) is 127 cm³/mol. The second-order valence-corrected chi connectivity index (χ2v) is 7.63. The van der Waals surface area contributed by atoms with Gasteiger partial charge >= 0.3 is 0 Å². The Kier molecular flexibility index (Phi) is 5.68. The Hall–Kier alpha value is -4.26. The number of anilines is 2. The van der Waals surface area contributed by atoms with Gasteiger partial charge in [0.15, 0.2) is 11.5 Å². The lowest BCUT2D eigenvalue weighted by atomic mass is 10.1. The third-order valence-corrected chi connectivity index (χ3v) is 5.38. The Morgan fingerprint density at radius 2 is 1.79 bits per heavy atom. The number of nitrogens with zero attached hydrogens (tertiary/aromatic N) is 1. The van der Waals surface area contributed by atoms with Gasteiger partial charge in [0, 0.05) is 11.1 Å². The number of nitrogens with one attached hydrogen (secondary N) is 2. The largest absolute Gasteiger partial charge is 0.497 e. The maximum atomic E-state index is 13.2. The van der Waals surface area contributed by atoms with Gasteiger partial charge in [0.05, 0.1) is 24.7 Å². The van der Waals surface area contributed by atoms with Crippen molar-refractivity contribution in [3.05, 3.63) is 84.4 Å². The van der Waals surface area contributed by atoms with Crippen molar-refractivity contribution in [3.63, 3.8) is 0 Å². The lowest BCUT2D eigenvalue weighted by Crippen LogP contribution is -2.40. The fraction of sp³-hybridized carbons (Fsp3) is 0.154. The van der Waals surface area contributed by atoms with Gasteiger partial charge in [0.25, 0.3) is 5.91 Å². The van der Waals surface area contributed by atoms with Crippen LogP contribution in [0.1, 0.15) is 10.4 Å². The summed E-state index contributed by atoms with van der Waals surface area (Å²) in [6, 6.07) is 24.4. The van der Waals surface area contributed by atoms with Gasteiger partial charge in [-0.15, -0.1) is 0 Å². The molecular formula is C26H23N3O4. The summed E-state index contributed by atoms with van der Waals surface area (Å²) < 4.78 is 16.9. The third-order valence-electron chi connectivity index (χ3n) is 5.38. The second kappa shape index (κ2) is 9.08. The van der Waals surface area contributed by atoms with E-state index in [4.69, 9.17) is 14.2 Å². The summed E-state index contributed by atoms with van der Waals surface area (Å²) in [5, 5.41) is 7.03. The van der Waals surface area contributed by atoms with Gasteiger partial charge in [-0.2, -0.15) is 0 Å². The molecule has 4 aromatic rings. The number of para-hydroxylation sites is 3. The molecule has 1 atom stereocenters. The Morgan fingerprint density at radius 1 is 1.03 bits per heavy atom. The van der Waals surface area contributed by atoms with E-state index in [0.717, 1.165) is 28.1 Å². The zero-order valence-corrected chi connectivity index (χ0v) is 18.1. The van der Waals surface area contributed by atoms with E-state index in [1.807, 2.05) is 72.8 Å². The van der Waals surface area contributed by atoms with Crippen molar-refractivity contribution < 1.29 is 19.0 Å². The molecule has 1 aliphatic heterocycles. The number of ether oxygens (including phenoxy) is 3. The normalized spacial score (nSPS) is 14.5. The Bertz CT molecular complexity index is 1290. The van der Waals surface area contributed by atoms with E-state index >= 15 is 0 Å². The lowest BCUT2D eigenvalue weighted by Gasteiger charge is -2.26. The molecule has 1 aromatic heterocycles. The van der Waals surface area contributed by atoms with E-state index in [2.05, 4.69) is 15.6 Å². The minimum absolute atomic E-state index is 0.200. The van der Waals surface area contributed by atoms with Crippen LogP contribution in [0.3, 0.4) is 0 Å². The minimum atomic E-state index is -0.270. The number of carbonyl (C=O) groups excluding carboxylic acids is 1. The number of methoxy groups -OCH3 is 1. The second-order valence-electron chi connectivity index (χ2n) is 7.63. The van der Waals surface area contributed by atoms with Crippen LogP contribution in [0.4, 0.5) is 11.5 Å². The number of pyridine rings is 1. The average molecular weight is 441 g/mol. The van der Waals surface area contributed by atoms with Gasteiger partial charge in [-0.25, -0.2) is 4.98 Å². The molecule has 2 N–H and O–H groups in total. The van der Waals surface area contributed by atoms with Crippen molar-refractivity contribution in [2.75, 3.05) is 25.6 Å². The SMILES string of the molecule is COc1ccc(Nc2cc(C(=O)NCC3COc4ccccc4O3)c3ccccc3n2)cc1. The van der Waals surface area contributed by atoms with Crippen molar-refractivity contribution in [3.8, 4) is 17.2 Å². The molecule has 0 spiro atoms. The first-order valence-corrected chi connectivity index (χ1v) is 10.7. The highest BCUT2D eigenvalue weighted by Gasteiger charge is 2.22. The molecular weight excluding hydrogens is 418 g/mol. The molecule has 7 heteroatoms. The summed E-state index contributed by atoms with van der Waals surface area (Å²) >= 11 is 0. The van der Waals surface area contributed by atoms with Crippen molar-refractivity contribution in [1.82, 2.24) is 10.3 Å². The van der Waals surface area contributed by atoms with Gasteiger partial charge < -0.3 is 24.8 Å². The van der Waals surface area contributed by atoms with Crippen LogP contribution in [0.15, 0.2) is 78.9 Å². The van der Waals surface area contributed by atoms with Crippen LogP contribution in [0.2, 0.25) is 0 Å². The van der Waals surface area contributed by atoms with Gasteiger partial charge in [-0.3, -0.25) is 4.79 Å². The van der Waals surface area contributed by atoms with E-state index < -0.39 is 0 Å². The zero-order valence-electron chi connectivity index (χ0n) is 18.1. The topological polar surface area (TPSA) is 81.7 Å². The van der Waals surface area contributed by atoms with E-state index in [-0.39, 0.29) is 12.0 Å². The molecule has 1 unspecified atom stereocenters. The van der Waals surface area contributed by atoms with Crippen molar-refractivity contribution >= 4 is 28.3 Å². The average Bonchev–Trinajstić information content (AvgIpc) is 2.87. The van der Waals surface area contributed by atoms with E-state index in [1.54, 1.807) is 13.2 Å². The quantitative estimate of drug-likeness (QED) is 0.457. The molecule has 0 bridgehead atoms. The molecule has 0 radical (unpaired) electrons. The van der Waals surface area contributed by atoms with Crippen LogP contribution in [-0.4, -0.2) is 37.3 Å². The third kappa shape index (κ3) is 4.52. The number of rotatable bonds is 6. The van der Waals surface area contributed by atoms with Gasteiger partial charge in [0.1, 0.15) is 24.3 Å². The number of aromatic nitrogens is 1. The van der Waals surface area contributed by atoms with Crippen LogP contribution >= 0.6 is 0 Å². The highest BCUT2D eigenvalue weighted by Crippen LogP contribution is 2.31. The monoisotopic (exact) mass is 441 g/mol. The molecule has 33 heavy (non-hydrogen) atoms. The Balaban J connectivity index is 1.34. The molecule has 5 rings (SSSR count).